The summed E-state index contributed by atoms with van der Waals surface area (Å²) < 4.78 is 31.3. The molecule has 0 spiro atoms. The van der Waals surface area contributed by atoms with Crippen LogP contribution in [0.25, 0.3) is 0 Å². The van der Waals surface area contributed by atoms with Crippen molar-refractivity contribution in [2.45, 2.75) is 11.4 Å². The number of nitrogens with zero attached hydrogens (tertiary/aromatic N) is 2. The molecule has 6 nitrogen and oxygen atoms in total. The lowest BCUT2D eigenvalue weighted by Gasteiger charge is -2.17. The Kier molecular flexibility index (Phi) is 4.44. The van der Waals surface area contributed by atoms with Gasteiger partial charge in [-0.05, 0) is 23.8 Å². The van der Waals surface area contributed by atoms with Crippen molar-refractivity contribution in [1.29, 1.82) is 0 Å². The predicted octanol–water partition coefficient (Wildman–Crippen LogP) is 1.49. The molecule has 1 aromatic heterocycles. The van der Waals surface area contributed by atoms with E-state index in [9.17, 15) is 8.42 Å². The normalized spacial score (nSPS) is 11.6. The van der Waals surface area contributed by atoms with Crippen LogP contribution < -0.4 is 10.5 Å². The van der Waals surface area contributed by atoms with E-state index in [1.54, 1.807) is 13.2 Å². The van der Waals surface area contributed by atoms with Gasteiger partial charge < -0.3 is 10.5 Å². The SMILES string of the molecule is COc1cccc(CN(C)S(=O)(=O)c2ccnc(N)c2)c1. The molecule has 2 aromatic rings. The van der Waals surface area contributed by atoms with Crippen molar-refractivity contribution in [3.05, 3.63) is 48.2 Å². The monoisotopic (exact) mass is 307 g/mol. The lowest BCUT2D eigenvalue weighted by Crippen LogP contribution is -2.26. The number of anilines is 1. The molecule has 0 aliphatic carbocycles. The second-order valence-electron chi connectivity index (χ2n) is 4.53. The summed E-state index contributed by atoms with van der Waals surface area (Å²) in [5.41, 5.74) is 6.37. The fraction of sp³-hybridized carbons (Fsp3) is 0.214. The maximum Gasteiger partial charge on any atom is 0.243 e. The van der Waals surface area contributed by atoms with E-state index in [-0.39, 0.29) is 17.3 Å². The van der Waals surface area contributed by atoms with Crippen LogP contribution in [0.4, 0.5) is 5.82 Å². The van der Waals surface area contributed by atoms with E-state index in [0.29, 0.717) is 5.75 Å². The number of rotatable bonds is 5. The molecule has 21 heavy (non-hydrogen) atoms. The van der Waals surface area contributed by atoms with Gasteiger partial charge in [0.2, 0.25) is 10.0 Å². The number of hydrogen-bond donors (Lipinski definition) is 1. The van der Waals surface area contributed by atoms with E-state index in [4.69, 9.17) is 10.5 Å². The van der Waals surface area contributed by atoms with Gasteiger partial charge in [0.25, 0.3) is 0 Å². The summed E-state index contributed by atoms with van der Waals surface area (Å²) in [6, 6.07) is 10.0. The fourth-order valence-electron chi connectivity index (χ4n) is 1.88. The van der Waals surface area contributed by atoms with Gasteiger partial charge in [0.05, 0.1) is 12.0 Å². The summed E-state index contributed by atoms with van der Waals surface area (Å²) in [5.74, 6) is 0.859. The molecule has 0 amide bonds. The fourth-order valence-corrected chi connectivity index (χ4v) is 3.06. The molecular formula is C14H17N3O3S. The minimum Gasteiger partial charge on any atom is -0.497 e. The Bertz CT molecular complexity index is 732. The van der Waals surface area contributed by atoms with Crippen molar-refractivity contribution in [3.8, 4) is 5.75 Å². The van der Waals surface area contributed by atoms with Crippen molar-refractivity contribution in [2.75, 3.05) is 19.9 Å². The third-order valence-corrected chi connectivity index (χ3v) is 4.80. The van der Waals surface area contributed by atoms with E-state index in [0.717, 1.165) is 5.56 Å². The molecule has 0 aliphatic heterocycles. The van der Waals surface area contributed by atoms with Crippen LogP contribution in [0.2, 0.25) is 0 Å². The summed E-state index contributed by atoms with van der Waals surface area (Å²) in [4.78, 5) is 3.92. The van der Waals surface area contributed by atoms with Crippen molar-refractivity contribution >= 4 is 15.8 Å². The van der Waals surface area contributed by atoms with Crippen LogP contribution in [0.5, 0.6) is 5.75 Å². The van der Waals surface area contributed by atoms with E-state index >= 15 is 0 Å². The predicted molar refractivity (Wildman–Crippen MR) is 80.3 cm³/mol. The van der Waals surface area contributed by atoms with Gasteiger partial charge in [-0.3, -0.25) is 0 Å². The molecule has 1 heterocycles. The molecule has 112 valence electrons. The maximum absolute atomic E-state index is 12.5. The van der Waals surface area contributed by atoms with E-state index in [1.165, 1.54) is 29.7 Å². The maximum atomic E-state index is 12.5. The van der Waals surface area contributed by atoms with E-state index in [1.807, 2.05) is 18.2 Å². The average molecular weight is 307 g/mol. The molecule has 0 saturated heterocycles. The molecule has 2 N–H and O–H groups in total. The molecule has 0 bridgehead atoms. The first-order valence-corrected chi connectivity index (χ1v) is 7.68. The smallest absolute Gasteiger partial charge is 0.243 e. The third kappa shape index (κ3) is 3.50. The number of pyridine rings is 1. The summed E-state index contributed by atoms with van der Waals surface area (Å²) in [6.07, 6.45) is 1.38. The van der Waals surface area contributed by atoms with Crippen molar-refractivity contribution in [2.24, 2.45) is 0 Å². The van der Waals surface area contributed by atoms with Gasteiger partial charge in [0.1, 0.15) is 11.6 Å². The van der Waals surface area contributed by atoms with Crippen LogP contribution >= 0.6 is 0 Å². The first-order valence-electron chi connectivity index (χ1n) is 6.24. The lowest BCUT2D eigenvalue weighted by molar-refractivity contribution is 0.412. The molecule has 7 heteroatoms. The summed E-state index contributed by atoms with van der Waals surface area (Å²) in [6.45, 7) is 0.238. The van der Waals surface area contributed by atoms with Crippen LogP contribution in [0, 0.1) is 0 Å². The highest BCUT2D eigenvalue weighted by molar-refractivity contribution is 7.89. The Labute approximate surface area is 124 Å². The largest absolute Gasteiger partial charge is 0.497 e. The van der Waals surface area contributed by atoms with Gasteiger partial charge in [0.15, 0.2) is 0 Å². The minimum absolute atomic E-state index is 0.125. The zero-order chi connectivity index (χ0) is 15.5. The second kappa shape index (κ2) is 6.11. The van der Waals surface area contributed by atoms with Gasteiger partial charge in [-0.25, -0.2) is 13.4 Å². The Hall–Kier alpha value is -2.12. The molecule has 0 atom stereocenters. The highest BCUT2D eigenvalue weighted by Crippen LogP contribution is 2.19. The van der Waals surface area contributed by atoms with Crippen LogP contribution in [0.15, 0.2) is 47.5 Å². The van der Waals surface area contributed by atoms with E-state index in [2.05, 4.69) is 4.98 Å². The van der Waals surface area contributed by atoms with Crippen LogP contribution in [0.3, 0.4) is 0 Å². The van der Waals surface area contributed by atoms with Gasteiger partial charge in [-0.2, -0.15) is 4.31 Å². The lowest BCUT2D eigenvalue weighted by atomic mass is 10.2. The van der Waals surface area contributed by atoms with Gasteiger partial charge in [-0.15, -0.1) is 0 Å². The number of hydrogen-bond acceptors (Lipinski definition) is 5. The topological polar surface area (TPSA) is 85.5 Å². The highest BCUT2D eigenvalue weighted by Gasteiger charge is 2.21. The number of benzene rings is 1. The Balaban J connectivity index is 2.24. The Morgan fingerprint density at radius 2 is 2.05 bits per heavy atom. The summed E-state index contributed by atoms with van der Waals surface area (Å²) in [5, 5.41) is 0. The van der Waals surface area contributed by atoms with Gasteiger partial charge in [-0.1, -0.05) is 12.1 Å². The second-order valence-corrected chi connectivity index (χ2v) is 6.57. The zero-order valence-electron chi connectivity index (χ0n) is 11.9. The molecule has 0 radical (unpaired) electrons. The quantitative estimate of drug-likeness (QED) is 0.904. The first-order chi connectivity index (χ1) is 9.93. The minimum atomic E-state index is -3.61. The van der Waals surface area contributed by atoms with Crippen LogP contribution in [-0.2, 0) is 16.6 Å². The Morgan fingerprint density at radius 3 is 2.71 bits per heavy atom. The van der Waals surface area contributed by atoms with Crippen molar-refractivity contribution in [1.82, 2.24) is 9.29 Å². The standard InChI is InChI=1S/C14H17N3O3S/c1-17(10-11-4-3-5-12(8-11)20-2)21(18,19)13-6-7-16-14(15)9-13/h3-9H,10H2,1-2H3,(H2,15,16). The molecular weight excluding hydrogens is 290 g/mol. The zero-order valence-corrected chi connectivity index (χ0v) is 12.7. The number of nitrogens with two attached hydrogens (primary N) is 1. The van der Waals surface area contributed by atoms with Crippen molar-refractivity contribution < 1.29 is 13.2 Å². The number of methoxy groups -OCH3 is 1. The third-order valence-electron chi connectivity index (χ3n) is 3.00. The first kappa shape index (κ1) is 15.3. The molecule has 0 aliphatic rings. The van der Waals surface area contributed by atoms with Gasteiger partial charge in [0, 0.05) is 25.9 Å². The van der Waals surface area contributed by atoms with Crippen LogP contribution in [0.1, 0.15) is 5.56 Å². The summed E-state index contributed by atoms with van der Waals surface area (Å²) in [7, 11) is -0.519. The molecule has 0 saturated carbocycles. The molecule has 1 aromatic carbocycles. The average Bonchev–Trinajstić information content (AvgIpc) is 2.47. The summed E-state index contributed by atoms with van der Waals surface area (Å²) >= 11 is 0. The molecule has 0 fully saturated rings. The molecule has 2 rings (SSSR count). The molecule has 0 unspecified atom stereocenters. The highest BCUT2D eigenvalue weighted by atomic mass is 32.2. The number of sulfonamides is 1. The van der Waals surface area contributed by atoms with Crippen LogP contribution in [-0.4, -0.2) is 31.9 Å². The van der Waals surface area contributed by atoms with E-state index < -0.39 is 10.0 Å². The number of aromatic nitrogens is 1. The van der Waals surface area contributed by atoms with Gasteiger partial charge >= 0.3 is 0 Å². The Morgan fingerprint density at radius 1 is 1.29 bits per heavy atom. The number of ether oxygens (including phenoxy) is 1. The van der Waals surface area contributed by atoms with Crippen molar-refractivity contribution in [3.63, 3.8) is 0 Å². The number of nitrogen functional groups attached to an aromatic ring is 1.